The minimum atomic E-state index is -4.47. The molecule has 0 saturated heterocycles. The minimum absolute atomic E-state index is 0.0211. The summed E-state index contributed by atoms with van der Waals surface area (Å²) in [6.45, 7) is 5.35. The zero-order chi connectivity index (χ0) is 20.6. The van der Waals surface area contributed by atoms with Gasteiger partial charge >= 0.3 is 0 Å². The largest absolute Gasteiger partial charge is 0.507 e. The highest BCUT2D eigenvalue weighted by molar-refractivity contribution is 7.85. The van der Waals surface area contributed by atoms with E-state index < -0.39 is 10.1 Å². The van der Waals surface area contributed by atoms with Crippen LogP contribution in [0.25, 0.3) is 11.1 Å². The summed E-state index contributed by atoms with van der Waals surface area (Å²) in [4.78, 5) is -0.305. The number of rotatable bonds is 4. The Bertz CT molecular complexity index is 1140. The van der Waals surface area contributed by atoms with E-state index in [0.717, 1.165) is 22.8 Å². The SMILES string of the molecule is Cc1c(C(C)c2ccccc2)ccc(O)c1-c1c(O)ccc(S(=O)(=O)O)c1C. The van der Waals surface area contributed by atoms with Crippen molar-refractivity contribution in [3.63, 3.8) is 0 Å². The quantitative estimate of drug-likeness (QED) is 0.550. The maximum atomic E-state index is 11.7. The second-order valence-corrected chi connectivity index (χ2v) is 8.25. The Morgan fingerprint density at radius 2 is 1.32 bits per heavy atom. The van der Waals surface area contributed by atoms with E-state index in [-0.39, 0.29) is 33.4 Å². The smallest absolute Gasteiger partial charge is 0.294 e. The van der Waals surface area contributed by atoms with Gasteiger partial charge in [0.15, 0.2) is 0 Å². The number of hydrogen-bond donors (Lipinski definition) is 3. The standard InChI is InChI=1S/C22H22O5S/c1-13(16-7-5-4-6-8-16)17-9-10-18(23)21(14(17)2)22-15(3)20(28(25,26)27)12-11-19(22)24/h4-13,23-24H,1-3H3,(H,25,26,27). The number of phenolic OH excluding ortho intramolecular Hbond substituents is 2. The molecule has 0 fully saturated rings. The Morgan fingerprint density at radius 1 is 0.786 bits per heavy atom. The normalized spacial score (nSPS) is 12.7. The van der Waals surface area contributed by atoms with Crippen LogP contribution in [0.4, 0.5) is 0 Å². The summed E-state index contributed by atoms with van der Waals surface area (Å²) in [7, 11) is -4.47. The van der Waals surface area contributed by atoms with Crippen LogP contribution in [-0.2, 0) is 10.1 Å². The van der Waals surface area contributed by atoms with Crippen molar-refractivity contribution >= 4 is 10.1 Å². The van der Waals surface area contributed by atoms with Gasteiger partial charge in [-0.05, 0) is 54.3 Å². The van der Waals surface area contributed by atoms with Gasteiger partial charge in [-0.3, -0.25) is 4.55 Å². The van der Waals surface area contributed by atoms with Crippen molar-refractivity contribution in [2.24, 2.45) is 0 Å². The third-order valence-electron chi connectivity index (χ3n) is 5.17. The van der Waals surface area contributed by atoms with Crippen LogP contribution in [-0.4, -0.2) is 23.2 Å². The molecular weight excluding hydrogens is 376 g/mol. The molecule has 0 heterocycles. The molecule has 6 heteroatoms. The molecule has 1 unspecified atom stereocenters. The van der Waals surface area contributed by atoms with Gasteiger partial charge in [0.25, 0.3) is 10.1 Å². The van der Waals surface area contributed by atoms with Gasteiger partial charge in [-0.2, -0.15) is 8.42 Å². The zero-order valence-corrected chi connectivity index (χ0v) is 16.7. The molecule has 3 aromatic carbocycles. The molecule has 28 heavy (non-hydrogen) atoms. The van der Waals surface area contributed by atoms with E-state index in [0.29, 0.717) is 5.56 Å². The molecule has 0 aliphatic carbocycles. The molecule has 1 atom stereocenters. The molecule has 146 valence electrons. The van der Waals surface area contributed by atoms with Gasteiger partial charge in [-0.15, -0.1) is 0 Å². The van der Waals surface area contributed by atoms with Gasteiger partial charge in [0, 0.05) is 17.0 Å². The highest BCUT2D eigenvalue weighted by atomic mass is 32.2. The first-order valence-corrected chi connectivity index (χ1v) is 10.2. The van der Waals surface area contributed by atoms with Crippen molar-refractivity contribution in [2.75, 3.05) is 0 Å². The number of phenols is 2. The van der Waals surface area contributed by atoms with Crippen molar-refractivity contribution in [1.82, 2.24) is 0 Å². The molecule has 3 aromatic rings. The summed E-state index contributed by atoms with van der Waals surface area (Å²) in [5.74, 6) is -0.229. The maximum Gasteiger partial charge on any atom is 0.294 e. The maximum absolute atomic E-state index is 11.7. The molecular formula is C22H22O5S. The van der Waals surface area contributed by atoms with Crippen LogP contribution < -0.4 is 0 Å². The van der Waals surface area contributed by atoms with E-state index in [2.05, 4.69) is 0 Å². The molecule has 0 bridgehead atoms. The fourth-order valence-corrected chi connectivity index (χ4v) is 4.42. The lowest BCUT2D eigenvalue weighted by molar-refractivity contribution is 0.466. The predicted octanol–water partition coefficient (Wildman–Crippen LogP) is 4.78. The minimum Gasteiger partial charge on any atom is -0.507 e. The van der Waals surface area contributed by atoms with Crippen LogP contribution in [0.2, 0.25) is 0 Å². The molecule has 0 amide bonds. The van der Waals surface area contributed by atoms with E-state index >= 15 is 0 Å². The van der Waals surface area contributed by atoms with Crippen LogP contribution >= 0.6 is 0 Å². The Hall–Kier alpha value is -2.83. The van der Waals surface area contributed by atoms with Crippen LogP contribution in [0.1, 0.15) is 35.1 Å². The van der Waals surface area contributed by atoms with Gasteiger partial charge in [0.05, 0.1) is 4.90 Å². The molecule has 0 aliphatic heterocycles. The predicted molar refractivity (Wildman–Crippen MR) is 108 cm³/mol. The van der Waals surface area contributed by atoms with E-state index in [1.807, 2.05) is 50.2 Å². The van der Waals surface area contributed by atoms with Gasteiger partial charge in [0.1, 0.15) is 11.5 Å². The molecule has 0 aromatic heterocycles. The molecule has 0 saturated carbocycles. The van der Waals surface area contributed by atoms with Crippen LogP contribution in [0, 0.1) is 13.8 Å². The van der Waals surface area contributed by atoms with Gasteiger partial charge in [-0.25, -0.2) is 0 Å². The number of benzene rings is 3. The second-order valence-electron chi connectivity index (χ2n) is 6.86. The zero-order valence-electron chi connectivity index (χ0n) is 15.8. The molecule has 3 N–H and O–H groups in total. The van der Waals surface area contributed by atoms with Gasteiger partial charge in [-0.1, -0.05) is 43.3 Å². The van der Waals surface area contributed by atoms with Crippen molar-refractivity contribution in [3.8, 4) is 22.6 Å². The van der Waals surface area contributed by atoms with Crippen molar-refractivity contribution < 1.29 is 23.2 Å². The summed E-state index contributed by atoms with van der Waals surface area (Å²) >= 11 is 0. The van der Waals surface area contributed by atoms with E-state index in [4.69, 9.17) is 0 Å². The van der Waals surface area contributed by atoms with Crippen LogP contribution in [0.15, 0.2) is 59.5 Å². The van der Waals surface area contributed by atoms with Crippen molar-refractivity contribution in [3.05, 3.63) is 76.9 Å². The third-order valence-corrected chi connectivity index (χ3v) is 6.17. The summed E-state index contributed by atoms with van der Waals surface area (Å²) in [5, 5.41) is 21.0. The highest BCUT2D eigenvalue weighted by Gasteiger charge is 2.24. The van der Waals surface area contributed by atoms with Gasteiger partial charge < -0.3 is 10.2 Å². The molecule has 0 spiro atoms. The Labute approximate surface area is 164 Å². The van der Waals surface area contributed by atoms with Crippen molar-refractivity contribution in [1.29, 1.82) is 0 Å². The first kappa shape index (κ1) is 19.9. The molecule has 0 radical (unpaired) electrons. The summed E-state index contributed by atoms with van der Waals surface area (Å²) in [6.07, 6.45) is 0. The van der Waals surface area contributed by atoms with E-state index in [9.17, 15) is 23.2 Å². The van der Waals surface area contributed by atoms with E-state index in [1.54, 1.807) is 0 Å². The fourth-order valence-electron chi connectivity index (χ4n) is 3.69. The lowest BCUT2D eigenvalue weighted by Crippen LogP contribution is -2.04. The number of aromatic hydroxyl groups is 2. The fraction of sp³-hybridized carbons (Fsp3) is 0.182. The number of hydrogen-bond acceptors (Lipinski definition) is 4. The lowest BCUT2D eigenvalue weighted by Gasteiger charge is -2.21. The lowest BCUT2D eigenvalue weighted by atomic mass is 9.85. The van der Waals surface area contributed by atoms with Crippen molar-refractivity contribution in [2.45, 2.75) is 31.6 Å². The second kappa shape index (κ2) is 7.30. The average Bonchev–Trinajstić information content (AvgIpc) is 2.63. The monoisotopic (exact) mass is 398 g/mol. The Kier molecular flexibility index (Phi) is 5.19. The summed E-state index contributed by atoms with van der Waals surface area (Å²) in [6, 6.07) is 15.6. The molecule has 0 aliphatic rings. The Balaban J connectivity index is 2.28. The highest BCUT2D eigenvalue weighted by Crippen LogP contribution is 2.44. The molecule has 3 rings (SSSR count). The first-order valence-electron chi connectivity index (χ1n) is 8.80. The average molecular weight is 398 g/mol. The topological polar surface area (TPSA) is 94.8 Å². The summed E-state index contributed by atoms with van der Waals surface area (Å²) in [5.41, 5.74) is 3.46. The third kappa shape index (κ3) is 3.48. The first-order chi connectivity index (χ1) is 13.1. The Morgan fingerprint density at radius 3 is 1.89 bits per heavy atom. The summed E-state index contributed by atoms with van der Waals surface area (Å²) < 4.78 is 32.9. The van der Waals surface area contributed by atoms with Crippen LogP contribution in [0.3, 0.4) is 0 Å². The van der Waals surface area contributed by atoms with Gasteiger partial charge in [0.2, 0.25) is 0 Å². The molecule has 5 nitrogen and oxygen atoms in total. The van der Waals surface area contributed by atoms with E-state index in [1.165, 1.54) is 19.1 Å². The van der Waals surface area contributed by atoms with Crippen LogP contribution in [0.5, 0.6) is 11.5 Å².